The number of nitrogens with zero attached hydrogens (tertiary/aromatic N) is 1. The lowest BCUT2D eigenvalue weighted by Gasteiger charge is -2.09. The zero-order valence-electron chi connectivity index (χ0n) is 15.5. The smallest absolute Gasteiger partial charge is 0.314 e. The standard InChI is InChI=1S/C21H24ClNO3/c1-4-5-6-15-17(22)18-16(21(25)26-3)11-12-23(18)19(15)20(24)14-9-7-13(2)8-10-14/h7-10,16H,4-6,11-12H2,1-3H3. The number of rotatable bonds is 6. The third-order valence-electron chi connectivity index (χ3n) is 5.10. The first-order valence-electron chi connectivity index (χ1n) is 9.09. The first kappa shape index (κ1) is 18.7. The molecule has 1 aliphatic heterocycles. The molecular weight excluding hydrogens is 350 g/mol. The number of ether oxygens (including phenoxy) is 1. The molecule has 0 amide bonds. The summed E-state index contributed by atoms with van der Waals surface area (Å²) in [7, 11) is 1.39. The molecule has 1 atom stereocenters. The van der Waals surface area contributed by atoms with Crippen LogP contribution >= 0.6 is 11.6 Å². The van der Waals surface area contributed by atoms with Gasteiger partial charge in [-0.05, 0) is 26.2 Å². The fourth-order valence-electron chi connectivity index (χ4n) is 3.68. The molecule has 0 spiro atoms. The van der Waals surface area contributed by atoms with E-state index in [-0.39, 0.29) is 11.8 Å². The lowest BCUT2D eigenvalue weighted by atomic mass is 9.99. The molecule has 1 aromatic carbocycles. The van der Waals surface area contributed by atoms with Gasteiger partial charge in [0.1, 0.15) is 5.92 Å². The van der Waals surface area contributed by atoms with E-state index in [1.54, 1.807) is 0 Å². The molecule has 138 valence electrons. The Morgan fingerprint density at radius 2 is 1.96 bits per heavy atom. The molecule has 2 aromatic rings. The second-order valence-electron chi connectivity index (χ2n) is 6.84. The van der Waals surface area contributed by atoms with Crippen LogP contribution in [-0.2, 0) is 22.5 Å². The van der Waals surface area contributed by atoms with Gasteiger partial charge in [-0.2, -0.15) is 0 Å². The lowest BCUT2D eigenvalue weighted by molar-refractivity contribution is -0.142. The molecule has 0 bridgehead atoms. The molecule has 0 aliphatic carbocycles. The van der Waals surface area contributed by atoms with E-state index in [1.807, 2.05) is 35.8 Å². The molecular formula is C21H24ClNO3. The predicted octanol–water partition coefficient (Wildman–Crippen LogP) is 4.68. The van der Waals surface area contributed by atoms with E-state index in [2.05, 4.69) is 6.92 Å². The molecule has 0 saturated carbocycles. The summed E-state index contributed by atoms with van der Waals surface area (Å²) >= 11 is 6.68. The van der Waals surface area contributed by atoms with Crippen LogP contribution in [0.15, 0.2) is 24.3 Å². The molecule has 1 aromatic heterocycles. The maximum atomic E-state index is 13.3. The topological polar surface area (TPSA) is 48.3 Å². The zero-order chi connectivity index (χ0) is 18.8. The van der Waals surface area contributed by atoms with Gasteiger partial charge in [0.25, 0.3) is 0 Å². The summed E-state index contributed by atoms with van der Waals surface area (Å²) in [5.74, 6) is -0.721. The number of halogens is 1. The van der Waals surface area contributed by atoms with Gasteiger partial charge in [-0.25, -0.2) is 0 Å². The van der Waals surface area contributed by atoms with Crippen molar-refractivity contribution in [2.24, 2.45) is 0 Å². The number of methoxy groups -OCH3 is 1. The number of fused-ring (bicyclic) bond motifs is 1. The van der Waals surface area contributed by atoms with Crippen molar-refractivity contribution in [1.82, 2.24) is 4.57 Å². The summed E-state index contributed by atoms with van der Waals surface area (Å²) in [5, 5.41) is 0.557. The summed E-state index contributed by atoms with van der Waals surface area (Å²) in [6.45, 7) is 4.71. The van der Waals surface area contributed by atoms with E-state index in [0.29, 0.717) is 29.2 Å². The van der Waals surface area contributed by atoms with E-state index in [9.17, 15) is 9.59 Å². The summed E-state index contributed by atoms with van der Waals surface area (Å²) in [5.41, 5.74) is 3.99. The molecule has 0 radical (unpaired) electrons. The Bertz CT molecular complexity index is 836. The van der Waals surface area contributed by atoms with E-state index in [4.69, 9.17) is 16.3 Å². The summed E-state index contributed by atoms with van der Waals surface area (Å²) < 4.78 is 6.88. The minimum absolute atomic E-state index is 0.0326. The number of unbranched alkanes of at least 4 members (excludes halogenated alkanes) is 1. The average Bonchev–Trinajstić information content (AvgIpc) is 3.18. The molecule has 5 heteroatoms. The number of carbonyl (C=O) groups is 2. The van der Waals surface area contributed by atoms with Crippen LogP contribution in [0.2, 0.25) is 5.02 Å². The number of aryl methyl sites for hydroxylation is 1. The maximum Gasteiger partial charge on any atom is 0.314 e. The zero-order valence-corrected chi connectivity index (χ0v) is 16.2. The number of hydrogen-bond acceptors (Lipinski definition) is 3. The predicted molar refractivity (Wildman–Crippen MR) is 102 cm³/mol. The minimum Gasteiger partial charge on any atom is -0.469 e. The van der Waals surface area contributed by atoms with Crippen molar-refractivity contribution < 1.29 is 14.3 Å². The number of hydrogen-bond donors (Lipinski definition) is 0. The maximum absolute atomic E-state index is 13.3. The number of esters is 1. The van der Waals surface area contributed by atoms with Crippen molar-refractivity contribution in [3.63, 3.8) is 0 Å². The Hall–Kier alpha value is -2.07. The molecule has 1 unspecified atom stereocenters. The van der Waals surface area contributed by atoms with Gasteiger partial charge in [0.15, 0.2) is 0 Å². The van der Waals surface area contributed by atoms with Crippen molar-refractivity contribution in [2.75, 3.05) is 7.11 Å². The van der Waals surface area contributed by atoms with Gasteiger partial charge in [-0.3, -0.25) is 9.59 Å². The van der Waals surface area contributed by atoms with Crippen LogP contribution < -0.4 is 0 Å². The highest BCUT2D eigenvalue weighted by Gasteiger charge is 2.38. The van der Waals surface area contributed by atoms with Gasteiger partial charge in [-0.1, -0.05) is 54.8 Å². The molecule has 2 heterocycles. The van der Waals surface area contributed by atoms with E-state index >= 15 is 0 Å². The van der Waals surface area contributed by atoms with E-state index < -0.39 is 5.92 Å². The van der Waals surface area contributed by atoms with Crippen LogP contribution in [0.1, 0.15) is 65.0 Å². The first-order valence-corrected chi connectivity index (χ1v) is 9.47. The number of carbonyl (C=O) groups excluding carboxylic acids is 2. The lowest BCUT2D eigenvalue weighted by Crippen LogP contribution is -2.12. The molecule has 1 aliphatic rings. The Labute approximate surface area is 159 Å². The van der Waals surface area contributed by atoms with Gasteiger partial charge < -0.3 is 9.30 Å². The van der Waals surface area contributed by atoms with Crippen LogP contribution in [-0.4, -0.2) is 23.4 Å². The molecule has 4 nitrogen and oxygen atoms in total. The Morgan fingerprint density at radius 3 is 2.58 bits per heavy atom. The van der Waals surface area contributed by atoms with Crippen molar-refractivity contribution in [1.29, 1.82) is 0 Å². The van der Waals surface area contributed by atoms with Crippen molar-refractivity contribution in [2.45, 2.75) is 52.0 Å². The van der Waals surface area contributed by atoms with Crippen LogP contribution in [0, 0.1) is 6.92 Å². The van der Waals surface area contributed by atoms with Crippen LogP contribution in [0.4, 0.5) is 0 Å². The highest BCUT2D eigenvalue weighted by atomic mass is 35.5. The molecule has 0 saturated heterocycles. The van der Waals surface area contributed by atoms with Gasteiger partial charge >= 0.3 is 5.97 Å². The Kier molecular flexibility index (Phi) is 5.52. The highest BCUT2D eigenvalue weighted by molar-refractivity contribution is 6.33. The average molecular weight is 374 g/mol. The number of benzene rings is 1. The highest BCUT2D eigenvalue weighted by Crippen LogP contribution is 2.41. The Morgan fingerprint density at radius 1 is 1.27 bits per heavy atom. The van der Waals surface area contributed by atoms with Crippen molar-refractivity contribution in [3.05, 3.63) is 57.4 Å². The quantitative estimate of drug-likeness (QED) is 0.545. The first-order chi connectivity index (χ1) is 12.5. The van der Waals surface area contributed by atoms with Crippen LogP contribution in [0.5, 0.6) is 0 Å². The largest absolute Gasteiger partial charge is 0.469 e. The monoisotopic (exact) mass is 373 g/mol. The third kappa shape index (κ3) is 3.18. The van der Waals surface area contributed by atoms with Gasteiger partial charge in [-0.15, -0.1) is 0 Å². The fourth-order valence-corrected chi connectivity index (χ4v) is 4.10. The summed E-state index contributed by atoms with van der Waals surface area (Å²) in [6, 6.07) is 7.57. The normalized spacial score (nSPS) is 15.8. The third-order valence-corrected chi connectivity index (χ3v) is 5.52. The summed E-state index contributed by atoms with van der Waals surface area (Å²) in [4.78, 5) is 25.4. The molecule has 26 heavy (non-hydrogen) atoms. The minimum atomic E-state index is -0.396. The fraction of sp³-hybridized carbons (Fsp3) is 0.429. The summed E-state index contributed by atoms with van der Waals surface area (Å²) in [6.07, 6.45) is 3.30. The van der Waals surface area contributed by atoms with Crippen LogP contribution in [0.25, 0.3) is 0 Å². The molecule has 0 fully saturated rings. The number of ketones is 1. The second kappa shape index (κ2) is 7.67. The van der Waals surface area contributed by atoms with E-state index in [0.717, 1.165) is 36.1 Å². The van der Waals surface area contributed by atoms with Gasteiger partial charge in [0.2, 0.25) is 5.78 Å². The molecule has 0 N–H and O–H groups in total. The Balaban J connectivity index is 2.11. The number of aromatic nitrogens is 1. The van der Waals surface area contributed by atoms with Crippen LogP contribution in [0.3, 0.4) is 0 Å². The second-order valence-corrected chi connectivity index (χ2v) is 7.22. The molecule has 3 rings (SSSR count). The van der Waals surface area contributed by atoms with Crippen molar-refractivity contribution in [3.8, 4) is 0 Å². The van der Waals surface area contributed by atoms with Gasteiger partial charge in [0, 0.05) is 17.7 Å². The SMILES string of the molecule is CCCCc1c(Cl)c2n(c1C(=O)c1ccc(C)cc1)CCC2C(=O)OC. The van der Waals surface area contributed by atoms with Crippen molar-refractivity contribution >= 4 is 23.4 Å². The van der Waals surface area contributed by atoms with E-state index in [1.165, 1.54) is 7.11 Å². The van der Waals surface area contributed by atoms with Gasteiger partial charge in [0.05, 0.1) is 23.5 Å².